The van der Waals surface area contributed by atoms with Gasteiger partial charge in [0, 0.05) is 0 Å². The Balaban J connectivity index is 3.99. The molecule has 0 unspecified atom stereocenters. The molecule has 0 bridgehead atoms. The summed E-state index contributed by atoms with van der Waals surface area (Å²) in [5, 5.41) is 0. The molecule has 0 rings (SSSR count). The van der Waals surface area contributed by atoms with E-state index in [9.17, 15) is 4.57 Å². The van der Waals surface area contributed by atoms with Gasteiger partial charge in [-0.25, -0.2) is 0 Å². The van der Waals surface area contributed by atoms with Gasteiger partial charge in [-0.2, -0.15) is 0 Å². The van der Waals surface area contributed by atoms with E-state index in [1.54, 1.807) is 0 Å². The third-order valence-corrected chi connectivity index (χ3v) is 5.30. The van der Waals surface area contributed by atoms with E-state index >= 15 is 0 Å². The molecule has 0 fully saturated rings. The van der Waals surface area contributed by atoms with Gasteiger partial charge in [-0.3, -0.25) is 4.57 Å². The van der Waals surface area contributed by atoms with Crippen molar-refractivity contribution in [2.24, 2.45) is 5.92 Å². The highest BCUT2D eigenvalue weighted by Gasteiger charge is 2.23. The summed E-state index contributed by atoms with van der Waals surface area (Å²) in [6, 6.07) is 0. The second-order valence-corrected chi connectivity index (χ2v) is 8.14. The second-order valence-electron chi connectivity index (χ2n) is 5.95. The molecule has 0 aliphatic heterocycles. The van der Waals surface area contributed by atoms with Crippen LogP contribution in [0.4, 0.5) is 0 Å². The van der Waals surface area contributed by atoms with Gasteiger partial charge >= 0.3 is 7.60 Å². The summed E-state index contributed by atoms with van der Waals surface area (Å²) in [4.78, 5) is 0. The van der Waals surface area contributed by atoms with Crippen molar-refractivity contribution < 1.29 is 13.6 Å². The zero-order valence-corrected chi connectivity index (χ0v) is 14.9. The van der Waals surface area contributed by atoms with Gasteiger partial charge in [0.25, 0.3) is 0 Å². The fourth-order valence-electron chi connectivity index (χ4n) is 1.90. The fraction of sp³-hybridized carbons (Fsp3) is 1.00. The van der Waals surface area contributed by atoms with E-state index in [0.29, 0.717) is 19.4 Å². The lowest BCUT2D eigenvalue weighted by Crippen LogP contribution is -2.03. The van der Waals surface area contributed by atoms with Gasteiger partial charge in [-0.05, 0) is 25.2 Å². The van der Waals surface area contributed by atoms with E-state index < -0.39 is 7.60 Å². The first kappa shape index (κ1) is 20.1. The first-order valence-electron chi connectivity index (χ1n) is 8.42. The van der Waals surface area contributed by atoms with Gasteiger partial charge in [-0.15, -0.1) is 0 Å². The molecule has 0 aromatic carbocycles. The van der Waals surface area contributed by atoms with Crippen LogP contribution in [-0.2, 0) is 13.6 Å². The second kappa shape index (κ2) is 12.9. The van der Waals surface area contributed by atoms with Crippen molar-refractivity contribution in [2.75, 3.05) is 19.4 Å². The fourth-order valence-corrected chi connectivity index (χ4v) is 3.66. The average molecular weight is 306 g/mol. The van der Waals surface area contributed by atoms with Gasteiger partial charge in [-0.1, -0.05) is 59.8 Å². The van der Waals surface area contributed by atoms with Crippen LogP contribution in [0.5, 0.6) is 0 Å². The Morgan fingerprint density at radius 1 is 0.850 bits per heavy atom. The number of rotatable bonds is 14. The molecule has 0 heterocycles. The standard InChI is InChI=1S/C16H35O3P/c1-5-7-13-18-20(17,19-14-8-6-2)15-11-9-10-12-16(3)4/h16H,5-15H2,1-4H3. The van der Waals surface area contributed by atoms with Crippen LogP contribution in [-0.4, -0.2) is 19.4 Å². The van der Waals surface area contributed by atoms with Crippen molar-refractivity contribution >= 4 is 7.60 Å². The molecule has 4 heteroatoms. The van der Waals surface area contributed by atoms with E-state index in [1.165, 1.54) is 12.8 Å². The quantitative estimate of drug-likeness (QED) is 0.290. The highest BCUT2D eigenvalue weighted by atomic mass is 31.2. The summed E-state index contributed by atoms with van der Waals surface area (Å²) in [7, 11) is -2.84. The molecule has 0 aliphatic rings. The third-order valence-electron chi connectivity index (χ3n) is 3.29. The molecule has 0 amide bonds. The van der Waals surface area contributed by atoms with Crippen molar-refractivity contribution in [3.63, 3.8) is 0 Å². The topological polar surface area (TPSA) is 35.5 Å². The highest BCUT2D eigenvalue weighted by Crippen LogP contribution is 2.49. The molecule has 122 valence electrons. The number of hydrogen-bond donors (Lipinski definition) is 0. The molecule has 0 saturated carbocycles. The van der Waals surface area contributed by atoms with Crippen molar-refractivity contribution in [2.45, 2.75) is 79.1 Å². The van der Waals surface area contributed by atoms with Crippen LogP contribution in [0.25, 0.3) is 0 Å². The normalized spacial score (nSPS) is 12.2. The Labute approximate surface area is 126 Å². The minimum absolute atomic E-state index is 0.561. The first-order chi connectivity index (χ1) is 9.54. The molecule has 0 atom stereocenters. The summed E-state index contributed by atoms with van der Waals surface area (Å²) < 4.78 is 23.8. The molecule has 0 spiro atoms. The molecule has 0 saturated heterocycles. The molecule has 3 nitrogen and oxygen atoms in total. The molecule has 0 N–H and O–H groups in total. The van der Waals surface area contributed by atoms with Crippen LogP contribution in [0.1, 0.15) is 79.1 Å². The van der Waals surface area contributed by atoms with E-state index in [-0.39, 0.29) is 0 Å². The molecule has 0 aliphatic carbocycles. The summed E-state index contributed by atoms with van der Waals surface area (Å²) in [5.41, 5.74) is 0. The van der Waals surface area contributed by atoms with Crippen molar-refractivity contribution in [3.8, 4) is 0 Å². The Hall–Kier alpha value is 0.150. The van der Waals surface area contributed by atoms with Crippen LogP contribution in [0, 0.1) is 5.92 Å². The average Bonchev–Trinajstić information content (AvgIpc) is 2.39. The smallest absolute Gasteiger partial charge is 0.309 e. The van der Waals surface area contributed by atoms with Crippen LogP contribution < -0.4 is 0 Å². The van der Waals surface area contributed by atoms with Gasteiger partial charge < -0.3 is 9.05 Å². The lowest BCUT2D eigenvalue weighted by atomic mass is 10.1. The van der Waals surface area contributed by atoms with Crippen LogP contribution in [0.15, 0.2) is 0 Å². The number of hydrogen-bond acceptors (Lipinski definition) is 3. The SMILES string of the molecule is CCCCOP(=O)(CCCCCC(C)C)OCCCC. The predicted molar refractivity (Wildman–Crippen MR) is 87.5 cm³/mol. The van der Waals surface area contributed by atoms with Crippen molar-refractivity contribution in [1.29, 1.82) is 0 Å². The first-order valence-corrected chi connectivity index (χ1v) is 10.1. The molecular formula is C16H35O3P. The third kappa shape index (κ3) is 11.9. The largest absolute Gasteiger partial charge is 0.330 e. The zero-order valence-electron chi connectivity index (χ0n) is 14.0. The van der Waals surface area contributed by atoms with E-state index in [0.717, 1.165) is 44.4 Å². The maximum absolute atomic E-state index is 12.6. The van der Waals surface area contributed by atoms with Gasteiger partial charge in [0.2, 0.25) is 0 Å². The minimum Gasteiger partial charge on any atom is -0.309 e. The van der Waals surface area contributed by atoms with Gasteiger partial charge in [0.1, 0.15) is 0 Å². The molecule has 0 aromatic rings. The van der Waals surface area contributed by atoms with Crippen LogP contribution >= 0.6 is 7.60 Å². The maximum Gasteiger partial charge on any atom is 0.330 e. The predicted octanol–water partition coefficient (Wildman–Crippen LogP) is 6.03. The molecular weight excluding hydrogens is 271 g/mol. The van der Waals surface area contributed by atoms with Crippen molar-refractivity contribution in [1.82, 2.24) is 0 Å². The van der Waals surface area contributed by atoms with E-state index in [1.807, 2.05) is 0 Å². The van der Waals surface area contributed by atoms with Gasteiger partial charge in [0.05, 0.1) is 19.4 Å². The Bertz CT molecular complexity index is 240. The molecule has 20 heavy (non-hydrogen) atoms. The monoisotopic (exact) mass is 306 g/mol. The summed E-state index contributed by atoms with van der Waals surface area (Å²) in [6.45, 7) is 9.83. The lowest BCUT2D eigenvalue weighted by Gasteiger charge is -2.18. The van der Waals surface area contributed by atoms with Crippen LogP contribution in [0.3, 0.4) is 0 Å². The maximum atomic E-state index is 12.6. The minimum atomic E-state index is -2.84. The summed E-state index contributed by atoms with van der Waals surface area (Å²) >= 11 is 0. The summed E-state index contributed by atoms with van der Waals surface area (Å²) in [6.07, 6.45) is 9.13. The lowest BCUT2D eigenvalue weighted by molar-refractivity contribution is 0.199. The van der Waals surface area contributed by atoms with E-state index in [4.69, 9.17) is 9.05 Å². The Morgan fingerprint density at radius 2 is 1.40 bits per heavy atom. The Kier molecular flexibility index (Phi) is 13.0. The van der Waals surface area contributed by atoms with E-state index in [2.05, 4.69) is 27.7 Å². The van der Waals surface area contributed by atoms with Crippen molar-refractivity contribution in [3.05, 3.63) is 0 Å². The molecule has 0 radical (unpaired) electrons. The Morgan fingerprint density at radius 3 is 1.85 bits per heavy atom. The number of unbranched alkanes of at least 4 members (excludes halogenated alkanes) is 4. The zero-order chi connectivity index (χ0) is 15.3. The molecule has 0 aromatic heterocycles. The summed E-state index contributed by atoms with van der Waals surface area (Å²) in [5.74, 6) is 0.753. The van der Waals surface area contributed by atoms with Crippen LogP contribution in [0.2, 0.25) is 0 Å². The van der Waals surface area contributed by atoms with Gasteiger partial charge in [0.15, 0.2) is 0 Å². The highest BCUT2D eigenvalue weighted by molar-refractivity contribution is 7.53.